The van der Waals surface area contributed by atoms with Gasteiger partial charge in [0.05, 0.1) is 18.4 Å². The first-order chi connectivity index (χ1) is 9.45. The highest BCUT2D eigenvalue weighted by Crippen LogP contribution is 2.43. The Balaban J connectivity index is 2.18. The Hall–Kier alpha value is -1.84. The van der Waals surface area contributed by atoms with Crippen molar-refractivity contribution in [2.45, 2.75) is 33.1 Å². The van der Waals surface area contributed by atoms with Crippen molar-refractivity contribution in [3.8, 4) is 0 Å². The molecule has 0 bridgehead atoms. The Morgan fingerprint density at radius 1 is 1.30 bits per heavy atom. The molecule has 4 heteroatoms. The molecule has 4 nitrogen and oxygen atoms in total. The van der Waals surface area contributed by atoms with Crippen molar-refractivity contribution in [3.63, 3.8) is 0 Å². The van der Waals surface area contributed by atoms with E-state index in [0.717, 1.165) is 19.3 Å². The average Bonchev–Trinajstić information content (AvgIpc) is 2.78. The second-order valence-electron chi connectivity index (χ2n) is 5.96. The molecule has 108 valence electrons. The molecule has 20 heavy (non-hydrogen) atoms. The van der Waals surface area contributed by atoms with Crippen molar-refractivity contribution in [3.05, 3.63) is 29.8 Å². The second-order valence-corrected chi connectivity index (χ2v) is 5.96. The summed E-state index contributed by atoms with van der Waals surface area (Å²) in [5, 5.41) is 2.88. The normalized spacial score (nSPS) is 20.4. The number of anilines is 1. The summed E-state index contributed by atoms with van der Waals surface area (Å²) in [6, 6.07) is 6.93. The summed E-state index contributed by atoms with van der Waals surface area (Å²) >= 11 is 0. The highest BCUT2D eigenvalue weighted by Gasteiger charge is 2.39. The van der Waals surface area contributed by atoms with Crippen LogP contribution in [0.25, 0.3) is 0 Å². The van der Waals surface area contributed by atoms with E-state index in [4.69, 9.17) is 4.74 Å². The molecule has 0 aromatic heterocycles. The number of rotatable bonds is 3. The predicted molar refractivity (Wildman–Crippen MR) is 77.5 cm³/mol. The maximum absolute atomic E-state index is 12.4. The monoisotopic (exact) mass is 275 g/mol. The van der Waals surface area contributed by atoms with Crippen molar-refractivity contribution in [1.82, 2.24) is 0 Å². The van der Waals surface area contributed by atoms with Gasteiger partial charge in [0.1, 0.15) is 0 Å². The van der Waals surface area contributed by atoms with Crippen LogP contribution in [-0.4, -0.2) is 19.0 Å². The van der Waals surface area contributed by atoms with Gasteiger partial charge in [-0.2, -0.15) is 0 Å². The number of hydrogen-bond donors (Lipinski definition) is 1. The summed E-state index contributed by atoms with van der Waals surface area (Å²) in [5.41, 5.74) is 0.927. The lowest BCUT2D eigenvalue weighted by Crippen LogP contribution is -2.31. The maximum Gasteiger partial charge on any atom is 0.339 e. The van der Waals surface area contributed by atoms with Gasteiger partial charge >= 0.3 is 5.97 Å². The van der Waals surface area contributed by atoms with Crippen molar-refractivity contribution in [2.24, 2.45) is 11.3 Å². The third kappa shape index (κ3) is 2.84. The lowest BCUT2D eigenvalue weighted by molar-refractivity contribution is -0.122. The number of amides is 1. The van der Waals surface area contributed by atoms with E-state index >= 15 is 0 Å². The quantitative estimate of drug-likeness (QED) is 0.862. The third-order valence-electron chi connectivity index (χ3n) is 4.16. The number of para-hydroxylation sites is 1. The summed E-state index contributed by atoms with van der Waals surface area (Å²) < 4.78 is 4.73. The molecule has 0 saturated heterocycles. The van der Waals surface area contributed by atoms with Crippen molar-refractivity contribution in [1.29, 1.82) is 0 Å². The molecule has 1 aromatic rings. The van der Waals surface area contributed by atoms with Gasteiger partial charge in [0.2, 0.25) is 5.91 Å². The number of benzene rings is 1. The molecule has 1 aliphatic rings. The fourth-order valence-electron chi connectivity index (χ4n) is 2.91. The minimum atomic E-state index is -0.438. The van der Waals surface area contributed by atoms with E-state index < -0.39 is 5.97 Å². The SMILES string of the molecule is COC(=O)c1ccccc1NC(=O)C1CCCC1(C)C. The molecular weight excluding hydrogens is 254 g/mol. The first-order valence-electron chi connectivity index (χ1n) is 6.94. The number of nitrogens with one attached hydrogen (secondary N) is 1. The third-order valence-corrected chi connectivity index (χ3v) is 4.16. The molecule has 1 atom stereocenters. The van der Waals surface area contributed by atoms with Crippen LogP contribution in [0.2, 0.25) is 0 Å². The Morgan fingerprint density at radius 2 is 2.00 bits per heavy atom. The Kier molecular flexibility index (Phi) is 4.12. The molecule has 0 radical (unpaired) electrons. The van der Waals surface area contributed by atoms with Gasteiger partial charge in [0.25, 0.3) is 0 Å². The molecule has 0 aliphatic heterocycles. The van der Waals surface area contributed by atoms with Gasteiger partial charge in [0, 0.05) is 5.92 Å². The Labute approximate surface area is 119 Å². The smallest absolute Gasteiger partial charge is 0.339 e. The molecular formula is C16H21NO3. The minimum Gasteiger partial charge on any atom is -0.465 e. The van der Waals surface area contributed by atoms with Crippen LogP contribution in [0.4, 0.5) is 5.69 Å². The molecule has 1 amide bonds. The topological polar surface area (TPSA) is 55.4 Å². The fourth-order valence-corrected chi connectivity index (χ4v) is 2.91. The van der Waals surface area contributed by atoms with E-state index in [9.17, 15) is 9.59 Å². The Bertz CT molecular complexity index is 522. The first-order valence-corrected chi connectivity index (χ1v) is 6.94. The number of carbonyl (C=O) groups is 2. The van der Waals surface area contributed by atoms with Crippen LogP contribution in [0.3, 0.4) is 0 Å². The van der Waals surface area contributed by atoms with Crippen LogP contribution in [0.5, 0.6) is 0 Å². The average molecular weight is 275 g/mol. The predicted octanol–water partition coefficient (Wildman–Crippen LogP) is 3.24. The van der Waals surface area contributed by atoms with Gasteiger partial charge < -0.3 is 10.1 Å². The fraction of sp³-hybridized carbons (Fsp3) is 0.500. The van der Waals surface area contributed by atoms with Crippen LogP contribution in [0.1, 0.15) is 43.5 Å². The summed E-state index contributed by atoms with van der Waals surface area (Å²) in [5.74, 6) is -0.455. The minimum absolute atomic E-state index is 0.00629. The molecule has 1 fully saturated rings. The molecule has 1 aliphatic carbocycles. The van der Waals surface area contributed by atoms with Gasteiger partial charge in [-0.25, -0.2) is 4.79 Å². The summed E-state index contributed by atoms with van der Waals surface area (Å²) in [7, 11) is 1.33. The zero-order valence-electron chi connectivity index (χ0n) is 12.2. The molecule has 0 heterocycles. The summed E-state index contributed by atoms with van der Waals surface area (Å²) in [6.07, 6.45) is 3.03. The van der Waals surface area contributed by atoms with Crippen LogP contribution in [-0.2, 0) is 9.53 Å². The molecule has 1 saturated carbocycles. The van der Waals surface area contributed by atoms with Crippen LogP contribution in [0.15, 0.2) is 24.3 Å². The molecule has 0 spiro atoms. The van der Waals surface area contributed by atoms with Gasteiger partial charge in [-0.3, -0.25) is 4.79 Å². The van der Waals surface area contributed by atoms with Gasteiger partial charge in [-0.1, -0.05) is 32.4 Å². The second kappa shape index (κ2) is 5.65. The van der Waals surface area contributed by atoms with Gasteiger partial charge in [-0.15, -0.1) is 0 Å². The van der Waals surface area contributed by atoms with Gasteiger partial charge in [0.15, 0.2) is 0 Å². The van der Waals surface area contributed by atoms with E-state index in [2.05, 4.69) is 19.2 Å². The highest BCUT2D eigenvalue weighted by atomic mass is 16.5. The van der Waals surface area contributed by atoms with Crippen molar-refractivity contribution in [2.75, 3.05) is 12.4 Å². The molecule has 2 rings (SSSR count). The zero-order valence-corrected chi connectivity index (χ0v) is 12.2. The van der Waals surface area contributed by atoms with Crippen LogP contribution >= 0.6 is 0 Å². The summed E-state index contributed by atoms with van der Waals surface area (Å²) in [4.78, 5) is 24.1. The van der Waals surface area contributed by atoms with Crippen molar-refractivity contribution >= 4 is 17.6 Å². The number of esters is 1. The molecule has 1 N–H and O–H groups in total. The zero-order chi connectivity index (χ0) is 14.8. The molecule has 1 aromatic carbocycles. The number of carbonyl (C=O) groups excluding carboxylic acids is 2. The Morgan fingerprint density at radius 3 is 2.60 bits per heavy atom. The van der Waals surface area contributed by atoms with Crippen LogP contribution in [0, 0.1) is 11.3 Å². The molecule has 1 unspecified atom stereocenters. The highest BCUT2D eigenvalue weighted by molar-refractivity contribution is 6.02. The number of methoxy groups -OCH3 is 1. The van der Waals surface area contributed by atoms with Crippen molar-refractivity contribution < 1.29 is 14.3 Å². The maximum atomic E-state index is 12.4. The number of hydrogen-bond acceptors (Lipinski definition) is 3. The first kappa shape index (κ1) is 14.6. The van der Waals surface area contributed by atoms with E-state index in [1.54, 1.807) is 24.3 Å². The van der Waals surface area contributed by atoms with E-state index in [1.807, 2.05) is 0 Å². The number of ether oxygens (including phenoxy) is 1. The van der Waals surface area contributed by atoms with E-state index in [-0.39, 0.29) is 17.2 Å². The lowest BCUT2D eigenvalue weighted by Gasteiger charge is -2.26. The van der Waals surface area contributed by atoms with Gasteiger partial charge in [-0.05, 0) is 30.4 Å². The largest absolute Gasteiger partial charge is 0.465 e. The van der Waals surface area contributed by atoms with E-state index in [1.165, 1.54) is 7.11 Å². The standard InChI is InChI=1S/C16H21NO3/c1-16(2)10-6-8-12(16)14(18)17-13-9-5-4-7-11(13)15(19)20-3/h4-5,7,9,12H,6,8,10H2,1-3H3,(H,17,18). The van der Waals surface area contributed by atoms with E-state index in [0.29, 0.717) is 11.3 Å². The lowest BCUT2D eigenvalue weighted by atomic mass is 9.81. The van der Waals surface area contributed by atoms with Crippen LogP contribution < -0.4 is 5.32 Å². The summed E-state index contributed by atoms with van der Waals surface area (Å²) in [6.45, 7) is 4.24.